The van der Waals surface area contributed by atoms with Crippen molar-refractivity contribution in [3.05, 3.63) is 40.5 Å². The highest BCUT2D eigenvalue weighted by atomic mass is 32.1. The molecule has 0 saturated heterocycles. The quantitative estimate of drug-likeness (QED) is 0.910. The number of carbonyl (C=O) groups excluding carboxylic acids is 1. The lowest BCUT2D eigenvalue weighted by atomic mass is 10.3. The van der Waals surface area contributed by atoms with Gasteiger partial charge in [0.05, 0.1) is 18.9 Å². The molecule has 2 heterocycles. The molecule has 100 valence electrons. The van der Waals surface area contributed by atoms with Gasteiger partial charge in [0, 0.05) is 18.5 Å². The van der Waals surface area contributed by atoms with Crippen LogP contribution < -0.4 is 5.32 Å². The molecule has 2 aromatic heterocycles. The first-order chi connectivity index (χ1) is 9.20. The standard InChI is InChI=1S/C13H16N4OS/c1-3-14-12-8-15-11(7-16-12)13(18)17(2)9-10-5-4-6-19-10/h4-8H,3,9H2,1-2H3,(H,14,16). The molecular weight excluding hydrogens is 260 g/mol. The zero-order valence-electron chi connectivity index (χ0n) is 11.0. The fourth-order valence-corrected chi connectivity index (χ4v) is 2.37. The minimum atomic E-state index is -0.121. The van der Waals surface area contributed by atoms with E-state index < -0.39 is 0 Å². The van der Waals surface area contributed by atoms with Crippen LogP contribution in [0.4, 0.5) is 5.82 Å². The van der Waals surface area contributed by atoms with E-state index in [0.29, 0.717) is 18.1 Å². The van der Waals surface area contributed by atoms with Crippen LogP contribution in [0.15, 0.2) is 29.9 Å². The SMILES string of the molecule is CCNc1cnc(C(=O)N(C)Cc2cccs2)cn1. The van der Waals surface area contributed by atoms with Gasteiger partial charge in [-0.15, -0.1) is 11.3 Å². The van der Waals surface area contributed by atoms with E-state index in [0.717, 1.165) is 11.4 Å². The third-order valence-corrected chi connectivity index (χ3v) is 3.41. The van der Waals surface area contributed by atoms with Crippen molar-refractivity contribution >= 4 is 23.1 Å². The van der Waals surface area contributed by atoms with Gasteiger partial charge in [-0.1, -0.05) is 6.07 Å². The van der Waals surface area contributed by atoms with Crippen molar-refractivity contribution in [3.63, 3.8) is 0 Å². The Morgan fingerprint density at radius 1 is 1.42 bits per heavy atom. The predicted molar refractivity (Wildman–Crippen MR) is 76.3 cm³/mol. The Bertz CT molecular complexity index is 524. The summed E-state index contributed by atoms with van der Waals surface area (Å²) < 4.78 is 0. The van der Waals surface area contributed by atoms with Crippen molar-refractivity contribution in [1.29, 1.82) is 0 Å². The van der Waals surface area contributed by atoms with Crippen LogP contribution in [0.5, 0.6) is 0 Å². The number of nitrogens with zero attached hydrogens (tertiary/aromatic N) is 3. The summed E-state index contributed by atoms with van der Waals surface area (Å²) in [5.41, 5.74) is 0.362. The maximum absolute atomic E-state index is 12.1. The zero-order valence-corrected chi connectivity index (χ0v) is 11.8. The highest BCUT2D eigenvalue weighted by Gasteiger charge is 2.14. The van der Waals surface area contributed by atoms with E-state index in [-0.39, 0.29) is 5.91 Å². The van der Waals surface area contributed by atoms with E-state index in [1.54, 1.807) is 29.5 Å². The van der Waals surface area contributed by atoms with Crippen LogP contribution in [0.2, 0.25) is 0 Å². The Balaban J connectivity index is 2.02. The molecular formula is C13H16N4OS. The van der Waals surface area contributed by atoms with Crippen LogP contribution in [0.25, 0.3) is 0 Å². The van der Waals surface area contributed by atoms with Gasteiger partial charge in [-0.05, 0) is 18.4 Å². The number of carbonyl (C=O) groups is 1. The molecule has 0 atom stereocenters. The van der Waals surface area contributed by atoms with Gasteiger partial charge < -0.3 is 10.2 Å². The minimum Gasteiger partial charge on any atom is -0.369 e. The number of hydrogen-bond acceptors (Lipinski definition) is 5. The zero-order chi connectivity index (χ0) is 13.7. The van der Waals surface area contributed by atoms with E-state index >= 15 is 0 Å². The highest BCUT2D eigenvalue weighted by molar-refractivity contribution is 7.09. The van der Waals surface area contributed by atoms with Gasteiger partial charge in [0.1, 0.15) is 11.5 Å². The number of rotatable bonds is 5. The Labute approximate surface area is 116 Å². The summed E-state index contributed by atoms with van der Waals surface area (Å²) >= 11 is 1.63. The molecule has 0 spiro atoms. The molecule has 2 aromatic rings. The number of amides is 1. The van der Waals surface area contributed by atoms with Crippen LogP contribution in [-0.4, -0.2) is 34.4 Å². The molecule has 0 aliphatic carbocycles. The Morgan fingerprint density at radius 2 is 2.26 bits per heavy atom. The molecule has 5 nitrogen and oxygen atoms in total. The molecule has 2 rings (SSSR count). The molecule has 6 heteroatoms. The predicted octanol–water partition coefficient (Wildman–Crippen LogP) is 2.24. The van der Waals surface area contributed by atoms with Gasteiger partial charge in [0.2, 0.25) is 0 Å². The largest absolute Gasteiger partial charge is 0.369 e. The van der Waals surface area contributed by atoms with Crippen molar-refractivity contribution in [2.45, 2.75) is 13.5 Å². The molecule has 0 aliphatic heterocycles. The molecule has 1 amide bonds. The van der Waals surface area contributed by atoms with Gasteiger partial charge in [-0.3, -0.25) is 4.79 Å². The average molecular weight is 276 g/mol. The second-order valence-electron chi connectivity index (χ2n) is 4.06. The third kappa shape index (κ3) is 3.51. The monoisotopic (exact) mass is 276 g/mol. The van der Waals surface area contributed by atoms with Crippen molar-refractivity contribution in [3.8, 4) is 0 Å². The van der Waals surface area contributed by atoms with Crippen LogP contribution in [0.1, 0.15) is 22.3 Å². The number of anilines is 1. The Hall–Kier alpha value is -1.95. The summed E-state index contributed by atoms with van der Waals surface area (Å²) in [5.74, 6) is 0.559. The molecule has 0 aliphatic rings. The molecule has 0 radical (unpaired) electrons. The summed E-state index contributed by atoms with van der Waals surface area (Å²) in [7, 11) is 1.77. The summed E-state index contributed by atoms with van der Waals surface area (Å²) in [6.07, 6.45) is 3.08. The number of hydrogen-bond donors (Lipinski definition) is 1. The molecule has 0 unspecified atom stereocenters. The van der Waals surface area contributed by atoms with Crippen molar-refractivity contribution < 1.29 is 4.79 Å². The smallest absolute Gasteiger partial charge is 0.274 e. The van der Waals surface area contributed by atoms with E-state index in [2.05, 4.69) is 15.3 Å². The summed E-state index contributed by atoms with van der Waals surface area (Å²) in [6, 6.07) is 3.98. The van der Waals surface area contributed by atoms with E-state index in [9.17, 15) is 4.79 Å². The second kappa shape index (κ2) is 6.29. The normalized spacial score (nSPS) is 10.2. The third-order valence-electron chi connectivity index (χ3n) is 2.55. The molecule has 0 saturated carbocycles. The Kier molecular flexibility index (Phi) is 4.46. The van der Waals surface area contributed by atoms with Gasteiger partial charge >= 0.3 is 0 Å². The van der Waals surface area contributed by atoms with Crippen molar-refractivity contribution in [1.82, 2.24) is 14.9 Å². The van der Waals surface area contributed by atoms with Crippen molar-refractivity contribution in [2.75, 3.05) is 18.9 Å². The van der Waals surface area contributed by atoms with E-state index in [1.807, 2.05) is 24.4 Å². The summed E-state index contributed by atoms with van der Waals surface area (Å²) in [4.78, 5) is 23.2. The lowest BCUT2D eigenvalue weighted by Gasteiger charge is -2.15. The lowest BCUT2D eigenvalue weighted by Crippen LogP contribution is -2.26. The minimum absolute atomic E-state index is 0.121. The second-order valence-corrected chi connectivity index (χ2v) is 5.09. The lowest BCUT2D eigenvalue weighted by molar-refractivity contribution is 0.0780. The summed E-state index contributed by atoms with van der Waals surface area (Å²) in [5, 5.41) is 5.04. The number of aromatic nitrogens is 2. The van der Waals surface area contributed by atoms with Gasteiger partial charge in [-0.2, -0.15) is 0 Å². The number of thiophene rings is 1. The number of nitrogens with one attached hydrogen (secondary N) is 1. The first-order valence-corrected chi connectivity index (χ1v) is 6.92. The van der Waals surface area contributed by atoms with E-state index in [4.69, 9.17) is 0 Å². The maximum atomic E-state index is 12.1. The topological polar surface area (TPSA) is 58.1 Å². The highest BCUT2D eigenvalue weighted by Crippen LogP contribution is 2.12. The Morgan fingerprint density at radius 3 is 2.84 bits per heavy atom. The average Bonchev–Trinajstić information content (AvgIpc) is 2.92. The fraction of sp³-hybridized carbons (Fsp3) is 0.308. The van der Waals surface area contributed by atoms with Gasteiger partial charge in [-0.25, -0.2) is 9.97 Å². The van der Waals surface area contributed by atoms with Crippen LogP contribution in [-0.2, 0) is 6.54 Å². The van der Waals surface area contributed by atoms with Gasteiger partial charge in [0.15, 0.2) is 0 Å². The molecule has 19 heavy (non-hydrogen) atoms. The van der Waals surface area contributed by atoms with Crippen molar-refractivity contribution in [2.24, 2.45) is 0 Å². The van der Waals surface area contributed by atoms with Crippen LogP contribution in [0.3, 0.4) is 0 Å². The maximum Gasteiger partial charge on any atom is 0.274 e. The van der Waals surface area contributed by atoms with E-state index in [1.165, 1.54) is 6.20 Å². The first kappa shape index (κ1) is 13.5. The summed E-state index contributed by atoms with van der Waals surface area (Å²) in [6.45, 7) is 3.35. The molecule has 0 aromatic carbocycles. The molecule has 0 bridgehead atoms. The molecule has 1 N–H and O–H groups in total. The van der Waals surface area contributed by atoms with Crippen LogP contribution >= 0.6 is 11.3 Å². The fourth-order valence-electron chi connectivity index (χ4n) is 1.61. The van der Waals surface area contributed by atoms with Gasteiger partial charge in [0.25, 0.3) is 5.91 Å². The molecule has 0 fully saturated rings. The van der Waals surface area contributed by atoms with Crippen LogP contribution in [0, 0.1) is 0 Å². The first-order valence-electron chi connectivity index (χ1n) is 6.04.